The Hall–Kier alpha value is -2.03. The Labute approximate surface area is 159 Å². The summed E-state index contributed by atoms with van der Waals surface area (Å²) in [5, 5.41) is 2.64. The molecule has 0 saturated heterocycles. The van der Waals surface area contributed by atoms with Gasteiger partial charge in [0, 0.05) is 41.8 Å². The number of hydrogen-bond acceptors (Lipinski definition) is 6. The fraction of sp³-hybridized carbons (Fsp3) is 0.389. The molecule has 3 rings (SSSR count). The van der Waals surface area contributed by atoms with Crippen molar-refractivity contribution < 1.29 is 9.53 Å². The minimum Gasteiger partial charge on any atom is -0.384 e. The zero-order chi connectivity index (χ0) is 18.7. The molecule has 0 bridgehead atoms. The van der Waals surface area contributed by atoms with Crippen LogP contribution in [0.4, 0.5) is 0 Å². The molecule has 0 fully saturated rings. The molecule has 0 unspecified atom stereocenters. The maximum atomic E-state index is 13.3. The predicted octanol–water partition coefficient (Wildman–Crippen LogP) is 2.81. The molecule has 0 aromatic carbocycles. The van der Waals surface area contributed by atoms with E-state index in [1.165, 1.54) is 0 Å². The first-order valence-electron chi connectivity index (χ1n) is 8.43. The number of aromatic nitrogens is 2. The molecule has 0 saturated carbocycles. The summed E-state index contributed by atoms with van der Waals surface area (Å²) in [6.45, 7) is 2.77. The minimum absolute atomic E-state index is 0.103. The van der Waals surface area contributed by atoms with E-state index in [9.17, 15) is 9.59 Å². The Kier molecular flexibility index (Phi) is 5.85. The zero-order valence-electron chi connectivity index (χ0n) is 14.8. The van der Waals surface area contributed by atoms with Gasteiger partial charge in [0.05, 0.1) is 12.0 Å². The van der Waals surface area contributed by atoms with Crippen molar-refractivity contribution in [3.8, 4) is 10.4 Å². The SMILES string of the molecule is CCc1sc2nc(CCOC)n(CCC(N)=O)c(=O)c2c1-c1cccs1. The molecule has 0 aliphatic carbocycles. The first-order valence-corrected chi connectivity index (χ1v) is 10.1. The third-order valence-electron chi connectivity index (χ3n) is 4.16. The number of aryl methyl sites for hydroxylation is 1. The first kappa shape index (κ1) is 18.8. The third-order valence-corrected chi connectivity index (χ3v) is 6.28. The van der Waals surface area contributed by atoms with Crippen molar-refractivity contribution in [2.45, 2.75) is 32.7 Å². The highest BCUT2D eigenvalue weighted by molar-refractivity contribution is 7.20. The lowest BCUT2D eigenvalue weighted by atomic mass is 10.1. The van der Waals surface area contributed by atoms with Gasteiger partial charge in [0.1, 0.15) is 10.7 Å². The Morgan fingerprint density at radius 3 is 2.85 bits per heavy atom. The summed E-state index contributed by atoms with van der Waals surface area (Å²) >= 11 is 3.18. The third kappa shape index (κ3) is 3.58. The normalized spacial score (nSPS) is 11.3. The van der Waals surface area contributed by atoms with Crippen LogP contribution < -0.4 is 11.3 Å². The number of carbonyl (C=O) groups excluding carboxylic acids is 1. The van der Waals surface area contributed by atoms with Crippen molar-refractivity contribution in [2.24, 2.45) is 5.73 Å². The van der Waals surface area contributed by atoms with Crippen molar-refractivity contribution in [1.29, 1.82) is 0 Å². The van der Waals surface area contributed by atoms with Crippen LogP contribution in [0.15, 0.2) is 22.3 Å². The van der Waals surface area contributed by atoms with Gasteiger partial charge in [-0.15, -0.1) is 22.7 Å². The Morgan fingerprint density at radius 1 is 1.42 bits per heavy atom. The molecular formula is C18H21N3O3S2. The van der Waals surface area contributed by atoms with Crippen molar-refractivity contribution >= 4 is 38.8 Å². The molecule has 0 aliphatic rings. The second kappa shape index (κ2) is 8.11. The van der Waals surface area contributed by atoms with Crippen LogP contribution in [-0.2, 0) is 28.9 Å². The van der Waals surface area contributed by atoms with Gasteiger partial charge in [0.25, 0.3) is 5.56 Å². The molecule has 0 atom stereocenters. The number of rotatable bonds is 8. The van der Waals surface area contributed by atoms with E-state index < -0.39 is 5.91 Å². The minimum atomic E-state index is -0.437. The number of primary amides is 1. The maximum absolute atomic E-state index is 13.3. The number of methoxy groups -OCH3 is 1. The highest BCUT2D eigenvalue weighted by Gasteiger charge is 2.21. The number of nitrogens with zero attached hydrogens (tertiary/aromatic N) is 2. The average Bonchev–Trinajstić information content (AvgIpc) is 3.25. The van der Waals surface area contributed by atoms with Crippen molar-refractivity contribution in [3.63, 3.8) is 0 Å². The second-order valence-corrected chi connectivity index (χ2v) is 7.89. The Morgan fingerprint density at radius 2 is 2.23 bits per heavy atom. The van der Waals surface area contributed by atoms with Crippen LogP contribution in [0.3, 0.4) is 0 Å². The van der Waals surface area contributed by atoms with E-state index in [4.69, 9.17) is 15.5 Å². The van der Waals surface area contributed by atoms with Gasteiger partial charge < -0.3 is 10.5 Å². The van der Waals surface area contributed by atoms with Crippen LogP contribution in [0.1, 0.15) is 24.0 Å². The van der Waals surface area contributed by atoms with E-state index in [2.05, 4.69) is 6.92 Å². The van der Waals surface area contributed by atoms with Gasteiger partial charge >= 0.3 is 0 Å². The lowest BCUT2D eigenvalue weighted by Crippen LogP contribution is -2.28. The summed E-state index contributed by atoms with van der Waals surface area (Å²) < 4.78 is 6.72. The fourth-order valence-electron chi connectivity index (χ4n) is 2.94. The average molecular weight is 392 g/mol. The zero-order valence-corrected chi connectivity index (χ0v) is 16.4. The summed E-state index contributed by atoms with van der Waals surface area (Å²) in [6.07, 6.45) is 1.45. The van der Waals surface area contributed by atoms with E-state index in [0.717, 1.165) is 26.6 Å². The number of ether oxygens (including phenoxy) is 1. The highest BCUT2D eigenvalue weighted by atomic mass is 32.1. The number of hydrogen-bond donors (Lipinski definition) is 1. The smallest absolute Gasteiger partial charge is 0.262 e. The van der Waals surface area contributed by atoms with E-state index >= 15 is 0 Å². The number of fused-ring (bicyclic) bond motifs is 1. The number of nitrogens with two attached hydrogens (primary N) is 1. The van der Waals surface area contributed by atoms with Gasteiger partial charge in [0.2, 0.25) is 5.91 Å². The molecule has 3 aromatic rings. The Bertz CT molecular complexity index is 974. The molecule has 3 aromatic heterocycles. The monoisotopic (exact) mass is 391 g/mol. The molecule has 1 amide bonds. The molecule has 6 nitrogen and oxygen atoms in total. The summed E-state index contributed by atoms with van der Waals surface area (Å²) in [7, 11) is 1.61. The van der Waals surface area contributed by atoms with E-state index in [1.807, 2.05) is 17.5 Å². The molecule has 0 aliphatic heterocycles. The van der Waals surface area contributed by atoms with Crippen molar-refractivity contribution in [2.75, 3.05) is 13.7 Å². The molecular weight excluding hydrogens is 370 g/mol. The number of amides is 1. The lowest BCUT2D eigenvalue weighted by Gasteiger charge is -2.12. The van der Waals surface area contributed by atoms with Gasteiger partial charge in [-0.2, -0.15) is 0 Å². The van der Waals surface area contributed by atoms with Crippen LogP contribution in [0.2, 0.25) is 0 Å². The summed E-state index contributed by atoms with van der Waals surface area (Å²) in [6, 6.07) is 4.01. The van der Waals surface area contributed by atoms with E-state index in [1.54, 1.807) is 34.4 Å². The fourth-order valence-corrected chi connectivity index (χ4v) is 4.94. The van der Waals surface area contributed by atoms with E-state index in [0.29, 0.717) is 24.2 Å². The van der Waals surface area contributed by atoms with Gasteiger partial charge in [-0.25, -0.2) is 4.98 Å². The molecule has 138 valence electrons. The molecule has 0 spiro atoms. The van der Waals surface area contributed by atoms with E-state index in [-0.39, 0.29) is 18.5 Å². The highest BCUT2D eigenvalue weighted by Crippen LogP contribution is 2.38. The predicted molar refractivity (Wildman–Crippen MR) is 106 cm³/mol. The largest absolute Gasteiger partial charge is 0.384 e. The number of carbonyl (C=O) groups is 1. The lowest BCUT2D eigenvalue weighted by molar-refractivity contribution is -0.118. The van der Waals surface area contributed by atoms with Crippen molar-refractivity contribution in [3.05, 3.63) is 38.6 Å². The summed E-state index contributed by atoms with van der Waals surface area (Å²) in [5.74, 6) is 0.194. The van der Waals surface area contributed by atoms with Crippen LogP contribution in [0.25, 0.3) is 20.7 Å². The van der Waals surface area contributed by atoms with Crippen LogP contribution in [0, 0.1) is 0 Å². The van der Waals surface area contributed by atoms with Crippen LogP contribution in [0.5, 0.6) is 0 Å². The first-order chi connectivity index (χ1) is 12.6. The van der Waals surface area contributed by atoms with Crippen molar-refractivity contribution in [1.82, 2.24) is 9.55 Å². The van der Waals surface area contributed by atoms with Crippen LogP contribution in [-0.4, -0.2) is 29.2 Å². The number of thiophene rings is 2. The molecule has 3 heterocycles. The van der Waals surface area contributed by atoms with Crippen LogP contribution >= 0.6 is 22.7 Å². The van der Waals surface area contributed by atoms with Gasteiger partial charge in [-0.05, 0) is 17.9 Å². The molecule has 26 heavy (non-hydrogen) atoms. The standard InChI is InChI=1S/C18H21N3O3S2/c1-3-11-15(12-5-4-10-25-12)16-17(26-11)20-14(7-9-24-2)21(18(16)23)8-6-13(19)22/h4-5,10H,3,6-9H2,1-2H3,(H2,19,22). The second-order valence-electron chi connectivity index (χ2n) is 5.86. The molecule has 0 radical (unpaired) electrons. The summed E-state index contributed by atoms with van der Waals surface area (Å²) in [5.41, 5.74) is 6.16. The quantitative estimate of drug-likeness (QED) is 0.640. The maximum Gasteiger partial charge on any atom is 0.262 e. The molecule has 2 N–H and O–H groups in total. The molecule has 8 heteroatoms. The van der Waals surface area contributed by atoms with Gasteiger partial charge in [0.15, 0.2) is 0 Å². The van der Waals surface area contributed by atoms with Gasteiger partial charge in [-0.1, -0.05) is 13.0 Å². The topological polar surface area (TPSA) is 87.2 Å². The van der Waals surface area contributed by atoms with Gasteiger partial charge in [-0.3, -0.25) is 14.2 Å². The Balaban J connectivity index is 2.25. The summed E-state index contributed by atoms with van der Waals surface area (Å²) in [4.78, 5) is 32.3.